The third-order valence-electron chi connectivity index (χ3n) is 10.3. The third-order valence-corrected chi connectivity index (χ3v) is 10.3. The Morgan fingerprint density at radius 2 is 1.75 bits per heavy atom. The van der Waals surface area contributed by atoms with Crippen LogP contribution in [-0.4, -0.2) is 6.04 Å². The van der Waals surface area contributed by atoms with Crippen molar-refractivity contribution in [2.75, 3.05) is 0 Å². The van der Waals surface area contributed by atoms with Crippen LogP contribution in [0, 0.1) is 45.8 Å². The van der Waals surface area contributed by atoms with Crippen molar-refractivity contribution in [1.29, 1.82) is 0 Å². The summed E-state index contributed by atoms with van der Waals surface area (Å²) in [6.07, 6.45) is 16.7. The molecule has 0 amide bonds. The van der Waals surface area contributed by atoms with Crippen LogP contribution in [0.15, 0.2) is 12.3 Å². The van der Waals surface area contributed by atoms with E-state index in [1.165, 1.54) is 82.7 Å². The fourth-order valence-electron chi connectivity index (χ4n) is 8.55. The van der Waals surface area contributed by atoms with Crippen LogP contribution in [0.3, 0.4) is 0 Å². The third kappa shape index (κ3) is 6.56. The van der Waals surface area contributed by atoms with Gasteiger partial charge in [0.1, 0.15) is 0 Å². The first-order valence-electron chi connectivity index (χ1n) is 14.3. The van der Waals surface area contributed by atoms with E-state index in [-0.39, 0.29) is 0 Å². The van der Waals surface area contributed by atoms with E-state index < -0.39 is 0 Å². The molecule has 3 aliphatic rings. The number of hydrogen-bond acceptors (Lipinski definition) is 1. The molecular formula is C31H57N. The van der Waals surface area contributed by atoms with E-state index >= 15 is 0 Å². The Morgan fingerprint density at radius 1 is 1.06 bits per heavy atom. The average molecular weight is 444 g/mol. The maximum Gasteiger partial charge on any atom is 0.0268 e. The van der Waals surface area contributed by atoms with Gasteiger partial charge in [0, 0.05) is 11.7 Å². The zero-order chi connectivity index (χ0) is 23.7. The average Bonchev–Trinajstić information content (AvgIpc) is 3.23. The van der Waals surface area contributed by atoms with E-state index in [0.29, 0.717) is 28.2 Å². The van der Waals surface area contributed by atoms with Gasteiger partial charge in [-0.1, -0.05) is 81.2 Å². The Kier molecular flexibility index (Phi) is 8.20. The fourth-order valence-corrected chi connectivity index (χ4v) is 8.55. The zero-order valence-corrected chi connectivity index (χ0v) is 23.2. The number of hydrogen-bond donors (Lipinski definition) is 1. The first-order valence-corrected chi connectivity index (χ1v) is 14.3. The molecule has 0 bridgehead atoms. The largest absolute Gasteiger partial charge is 0.386 e. The summed E-state index contributed by atoms with van der Waals surface area (Å²) in [7, 11) is 0. The molecule has 0 radical (unpaired) electrons. The van der Waals surface area contributed by atoms with Crippen molar-refractivity contribution in [1.82, 2.24) is 5.32 Å². The number of fused-ring (bicyclic) bond motifs is 1. The van der Waals surface area contributed by atoms with Gasteiger partial charge in [-0.25, -0.2) is 0 Å². The van der Waals surface area contributed by atoms with Gasteiger partial charge >= 0.3 is 0 Å². The summed E-state index contributed by atoms with van der Waals surface area (Å²) in [5, 5.41) is 3.90. The quantitative estimate of drug-likeness (QED) is 0.354. The minimum atomic E-state index is 0.435. The van der Waals surface area contributed by atoms with Crippen molar-refractivity contribution in [3.63, 3.8) is 0 Å². The lowest BCUT2D eigenvalue weighted by molar-refractivity contribution is 0.0700. The lowest BCUT2D eigenvalue weighted by Crippen LogP contribution is -2.45. The molecule has 32 heavy (non-hydrogen) atoms. The van der Waals surface area contributed by atoms with Crippen molar-refractivity contribution >= 4 is 0 Å². The van der Waals surface area contributed by atoms with Crippen LogP contribution in [0.5, 0.6) is 0 Å². The summed E-state index contributed by atoms with van der Waals surface area (Å²) >= 11 is 0. The monoisotopic (exact) mass is 443 g/mol. The lowest BCUT2D eigenvalue weighted by atomic mass is 9.61. The maximum atomic E-state index is 4.50. The molecule has 0 saturated heterocycles. The van der Waals surface area contributed by atoms with Gasteiger partial charge in [-0.3, -0.25) is 0 Å². The van der Waals surface area contributed by atoms with Crippen LogP contribution in [0.1, 0.15) is 132 Å². The van der Waals surface area contributed by atoms with Crippen LogP contribution < -0.4 is 5.32 Å². The van der Waals surface area contributed by atoms with Crippen LogP contribution in [0.2, 0.25) is 0 Å². The molecule has 0 heterocycles. The molecule has 1 N–H and O–H groups in total. The number of rotatable bonds is 10. The Hall–Kier alpha value is -0.460. The Morgan fingerprint density at radius 3 is 2.44 bits per heavy atom. The van der Waals surface area contributed by atoms with Crippen LogP contribution in [0.25, 0.3) is 0 Å². The van der Waals surface area contributed by atoms with Crippen molar-refractivity contribution in [3.05, 3.63) is 12.3 Å². The summed E-state index contributed by atoms with van der Waals surface area (Å²) in [6, 6.07) is 0.596. The molecule has 1 heteroatoms. The minimum absolute atomic E-state index is 0.435. The van der Waals surface area contributed by atoms with Crippen LogP contribution in [-0.2, 0) is 0 Å². The summed E-state index contributed by atoms with van der Waals surface area (Å²) in [4.78, 5) is 0. The molecule has 1 nitrogen and oxygen atoms in total. The van der Waals surface area contributed by atoms with Crippen molar-refractivity contribution in [3.8, 4) is 0 Å². The number of nitrogens with one attached hydrogen (secondary N) is 1. The van der Waals surface area contributed by atoms with Crippen LogP contribution >= 0.6 is 0 Å². The molecule has 186 valence electrons. The van der Waals surface area contributed by atoms with Crippen molar-refractivity contribution in [2.24, 2.45) is 45.8 Å². The summed E-state index contributed by atoms with van der Waals surface area (Å²) in [6.45, 7) is 24.3. The SMILES string of the molecule is C=C(NC1CC(C)(C)CC(C)(CC)C1)C(C)CCCC(C)(C)CC1CCC2C(C)CCC12. The minimum Gasteiger partial charge on any atom is -0.386 e. The first-order chi connectivity index (χ1) is 14.8. The van der Waals surface area contributed by atoms with Gasteiger partial charge < -0.3 is 5.32 Å². The molecule has 3 aliphatic carbocycles. The molecule has 3 fully saturated rings. The van der Waals surface area contributed by atoms with E-state index in [1.54, 1.807) is 0 Å². The molecule has 3 rings (SSSR count). The standard InChI is InChI=1S/C31H57N/c1-10-31(9)20-26(19-30(7,8)21-31)32-24(4)22(2)12-11-17-29(5,6)18-25-14-16-27-23(3)13-15-28(25)27/h22-23,25-28,32H,4,10-21H2,1-3,5-9H3. The molecule has 0 aromatic heterocycles. The second-order valence-electron chi connectivity index (χ2n) is 14.7. The van der Waals surface area contributed by atoms with E-state index in [9.17, 15) is 0 Å². The highest BCUT2D eigenvalue weighted by Gasteiger charge is 2.44. The van der Waals surface area contributed by atoms with Gasteiger partial charge in [-0.05, 0) is 104 Å². The molecule has 3 saturated carbocycles. The van der Waals surface area contributed by atoms with Gasteiger partial charge in [0.25, 0.3) is 0 Å². The molecule has 0 spiro atoms. The molecule has 0 aliphatic heterocycles. The molecular weight excluding hydrogens is 386 g/mol. The normalized spacial score (nSPS) is 37.8. The summed E-state index contributed by atoms with van der Waals surface area (Å²) in [5.74, 6) is 4.70. The van der Waals surface area contributed by atoms with Gasteiger partial charge in [0.05, 0.1) is 0 Å². The highest BCUT2D eigenvalue weighted by atomic mass is 14.9. The van der Waals surface area contributed by atoms with E-state index in [0.717, 1.165) is 23.7 Å². The summed E-state index contributed by atoms with van der Waals surface area (Å²) in [5.41, 5.74) is 2.70. The summed E-state index contributed by atoms with van der Waals surface area (Å²) < 4.78 is 0. The highest BCUT2D eigenvalue weighted by Crippen LogP contribution is 2.54. The molecule has 0 aromatic carbocycles. The predicted molar refractivity (Wildman–Crippen MR) is 142 cm³/mol. The Bertz CT molecular complexity index is 630. The van der Waals surface area contributed by atoms with Crippen molar-refractivity contribution < 1.29 is 0 Å². The van der Waals surface area contributed by atoms with Gasteiger partial charge in [0.15, 0.2) is 0 Å². The fraction of sp³-hybridized carbons (Fsp3) is 0.935. The van der Waals surface area contributed by atoms with Crippen LogP contribution in [0.4, 0.5) is 0 Å². The second-order valence-corrected chi connectivity index (χ2v) is 14.7. The van der Waals surface area contributed by atoms with E-state index in [2.05, 4.69) is 67.3 Å². The zero-order valence-electron chi connectivity index (χ0n) is 23.2. The van der Waals surface area contributed by atoms with Crippen molar-refractivity contribution in [2.45, 2.75) is 138 Å². The van der Waals surface area contributed by atoms with E-state index in [4.69, 9.17) is 0 Å². The number of allylic oxidation sites excluding steroid dienone is 1. The highest BCUT2D eigenvalue weighted by molar-refractivity contribution is 5.03. The van der Waals surface area contributed by atoms with Gasteiger partial charge in [-0.2, -0.15) is 0 Å². The predicted octanol–water partition coefficient (Wildman–Crippen LogP) is 9.38. The molecule has 7 unspecified atom stereocenters. The molecule has 0 aromatic rings. The Balaban J connectivity index is 1.42. The lowest BCUT2D eigenvalue weighted by Gasteiger charge is -2.47. The maximum absolute atomic E-state index is 4.50. The second kappa shape index (κ2) is 10.0. The smallest absolute Gasteiger partial charge is 0.0268 e. The van der Waals surface area contributed by atoms with Gasteiger partial charge in [-0.15, -0.1) is 0 Å². The molecule has 7 atom stereocenters. The topological polar surface area (TPSA) is 12.0 Å². The van der Waals surface area contributed by atoms with E-state index in [1.807, 2.05) is 0 Å². The first kappa shape index (κ1) is 26.2. The van der Waals surface area contributed by atoms with Gasteiger partial charge in [0.2, 0.25) is 0 Å². The Labute approximate surface area is 202 Å².